The van der Waals surface area contributed by atoms with E-state index in [2.05, 4.69) is 17.6 Å². The summed E-state index contributed by atoms with van der Waals surface area (Å²) in [5.41, 5.74) is 0. The molecular weight excluding hydrogens is 78.0 g/mol. The van der Waals surface area contributed by atoms with Crippen LogP contribution in [0.3, 0.4) is 0 Å². The van der Waals surface area contributed by atoms with E-state index in [0.717, 1.165) is 0 Å². The molecule has 32 valence electrons. The lowest BCUT2D eigenvalue weighted by molar-refractivity contribution is 0.323. The van der Waals surface area contributed by atoms with Gasteiger partial charge < -0.3 is 5.21 Å². The van der Waals surface area contributed by atoms with Crippen LogP contribution in [0.4, 0.5) is 0 Å². The van der Waals surface area contributed by atoms with E-state index in [9.17, 15) is 0 Å². The third-order valence-electron chi connectivity index (χ3n) is 0.250. The SMILES string of the molecule is C=CC=C=NO. The first-order chi connectivity index (χ1) is 2.91. The highest BCUT2D eigenvalue weighted by atomic mass is 16.4. The van der Waals surface area contributed by atoms with E-state index in [1.54, 1.807) is 0 Å². The second-order valence-electron chi connectivity index (χ2n) is 0.631. The maximum Gasteiger partial charge on any atom is 0.0283 e. The largest absolute Gasteiger partial charge is 0.404 e. The molecule has 0 radical (unpaired) electrons. The van der Waals surface area contributed by atoms with Crippen molar-refractivity contribution in [3.63, 3.8) is 0 Å². The van der Waals surface area contributed by atoms with Crippen LogP contribution >= 0.6 is 0 Å². The number of allylic oxidation sites excluding steroid dienone is 2. The molecule has 0 spiro atoms. The van der Waals surface area contributed by atoms with Gasteiger partial charge in [0.1, 0.15) is 0 Å². The van der Waals surface area contributed by atoms with Crippen molar-refractivity contribution in [2.75, 3.05) is 0 Å². The van der Waals surface area contributed by atoms with Gasteiger partial charge in [-0.3, -0.25) is 0 Å². The maximum atomic E-state index is 7.63. The Hall–Kier alpha value is -1.01. The zero-order chi connectivity index (χ0) is 4.83. The molecule has 0 aliphatic rings. The normalized spacial score (nSPS) is 5.33. The Labute approximate surface area is 36.1 Å². The minimum Gasteiger partial charge on any atom is -0.404 e. The fourth-order valence-electron chi connectivity index (χ4n) is 0.0860. The number of nitrogens with zero attached hydrogens (tertiary/aromatic N) is 1. The van der Waals surface area contributed by atoms with Gasteiger partial charge in [0, 0.05) is 11.9 Å². The second kappa shape index (κ2) is 3.99. The van der Waals surface area contributed by atoms with Crippen molar-refractivity contribution in [2.24, 2.45) is 5.16 Å². The van der Waals surface area contributed by atoms with Crippen molar-refractivity contribution in [3.05, 3.63) is 18.7 Å². The minimum atomic E-state index is 1.40. The van der Waals surface area contributed by atoms with Crippen molar-refractivity contribution in [1.82, 2.24) is 0 Å². The Bertz CT molecular complexity index is 89.7. The van der Waals surface area contributed by atoms with Crippen molar-refractivity contribution in [1.29, 1.82) is 0 Å². The molecule has 2 nitrogen and oxygen atoms in total. The van der Waals surface area contributed by atoms with Gasteiger partial charge in [-0.25, -0.2) is 0 Å². The molecule has 0 amide bonds. The van der Waals surface area contributed by atoms with Crippen molar-refractivity contribution in [2.45, 2.75) is 0 Å². The van der Waals surface area contributed by atoms with E-state index in [0.29, 0.717) is 0 Å². The summed E-state index contributed by atoms with van der Waals surface area (Å²) < 4.78 is 0. The lowest BCUT2D eigenvalue weighted by atomic mass is 10.6. The first kappa shape index (κ1) is 4.99. The van der Waals surface area contributed by atoms with Crippen LogP contribution in [0, 0.1) is 0 Å². The Kier molecular flexibility index (Phi) is 3.32. The molecule has 0 aliphatic heterocycles. The average molecular weight is 83.1 g/mol. The third-order valence-corrected chi connectivity index (χ3v) is 0.250. The molecule has 0 saturated carbocycles. The summed E-state index contributed by atoms with van der Waals surface area (Å²) in [6.45, 7) is 3.31. The van der Waals surface area contributed by atoms with Crippen molar-refractivity contribution in [3.8, 4) is 0 Å². The van der Waals surface area contributed by atoms with Gasteiger partial charge in [0.2, 0.25) is 0 Å². The van der Waals surface area contributed by atoms with Gasteiger partial charge in [-0.1, -0.05) is 12.7 Å². The van der Waals surface area contributed by atoms with E-state index < -0.39 is 0 Å². The standard InChI is InChI=1S/C4H5NO/c1-2-3-4-5-6/h2-3,6H,1H2. The molecule has 0 unspecified atom stereocenters. The summed E-state index contributed by atoms with van der Waals surface area (Å²) in [5, 5.41) is 10.2. The molecule has 0 bridgehead atoms. The fourth-order valence-corrected chi connectivity index (χ4v) is 0.0860. The van der Waals surface area contributed by atoms with Crippen molar-refractivity contribution >= 4 is 5.87 Å². The van der Waals surface area contributed by atoms with E-state index in [1.807, 2.05) is 0 Å². The number of rotatable bonds is 1. The van der Waals surface area contributed by atoms with Crippen molar-refractivity contribution < 1.29 is 5.21 Å². The molecule has 0 aliphatic carbocycles. The van der Waals surface area contributed by atoms with E-state index in [4.69, 9.17) is 5.21 Å². The highest BCUT2D eigenvalue weighted by molar-refractivity contribution is 5.53. The van der Waals surface area contributed by atoms with Gasteiger partial charge in [0.05, 0.1) is 0 Å². The van der Waals surface area contributed by atoms with E-state index in [1.165, 1.54) is 12.2 Å². The molecule has 0 aromatic rings. The van der Waals surface area contributed by atoms with Gasteiger partial charge in [-0.2, -0.15) is 0 Å². The summed E-state index contributed by atoms with van der Waals surface area (Å²) in [6.07, 6.45) is 2.87. The van der Waals surface area contributed by atoms with Crippen LogP contribution in [-0.4, -0.2) is 11.1 Å². The monoisotopic (exact) mass is 83.0 g/mol. The van der Waals surface area contributed by atoms with E-state index in [-0.39, 0.29) is 0 Å². The Balaban J connectivity index is 3.46. The van der Waals surface area contributed by atoms with Crippen LogP contribution in [0.5, 0.6) is 0 Å². The molecule has 2 heteroatoms. The van der Waals surface area contributed by atoms with Gasteiger partial charge in [-0.15, -0.1) is 0 Å². The summed E-state index contributed by atoms with van der Waals surface area (Å²) in [7, 11) is 0. The second-order valence-corrected chi connectivity index (χ2v) is 0.631. The van der Waals surface area contributed by atoms with Crippen LogP contribution in [0.25, 0.3) is 0 Å². The quantitative estimate of drug-likeness (QED) is 0.216. The molecule has 0 heterocycles. The molecule has 6 heavy (non-hydrogen) atoms. The Morgan fingerprint density at radius 3 is 2.67 bits per heavy atom. The first-order valence-electron chi connectivity index (χ1n) is 1.45. The van der Waals surface area contributed by atoms with Crippen LogP contribution in [0.15, 0.2) is 23.9 Å². The number of hydrogen-bond donors (Lipinski definition) is 1. The minimum absolute atomic E-state index is 1.40. The lowest BCUT2D eigenvalue weighted by Gasteiger charge is -1.54. The Morgan fingerprint density at radius 2 is 2.50 bits per heavy atom. The van der Waals surface area contributed by atoms with Crippen LogP contribution < -0.4 is 0 Å². The molecule has 0 saturated heterocycles. The molecule has 0 atom stereocenters. The molecule has 0 aromatic carbocycles. The predicted octanol–water partition coefficient (Wildman–Crippen LogP) is 0.787. The zero-order valence-electron chi connectivity index (χ0n) is 3.26. The Morgan fingerprint density at radius 1 is 1.83 bits per heavy atom. The highest BCUT2D eigenvalue weighted by Gasteiger charge is 1.44. The summed E-state index contributed by atoms with van der Waals surface area (Å²) in [4.78, 5) is 0. The first-order valence-corrected chi connectivity index (χ1v) is 1.45. The maximum absolute atomic E-state index is 7.63. The summed E-state index contributed by atoms with van der Waals surface area (Å²) >= 11 is 0. The fraction of sp³-hybridized carbons (Fsp3) is 0. The van der Waals surface area contributed by atoms with Crippen LogP contribution in [0.1, 0.15) is 0 Å². The van der Waals surface area contributed by atoms with Gasteiger partial charge in [0.25, 0.3) is 0 Å². The average Bonchev–Trinajstić information content (AvgIpc) is 1.61. The molecular formula is C4H5NO. The van der Waals surface area contributed by atoms with E-state index >= 15 is 0 Å². The van der Waals surface area contributed by atoms with Gasteiger partial charge in [0.15, 0.2) is 0 Å². The molecule has 0 rings (SSSR count). The van der Waals surface area contributed by atoms with Gasteiger partial charge >= 0.3 is 0 Å². The topological polar surface area (TPSA) is 32.6 Å². The summed E-state index contributed by atoms with van der Waals surface area (Å²) in [6, 6.07) is 0. The third kappa shape index (κ3) is 2.99. The highest BCUT2D eigenvalue weighted by Crippen LogP contribution is 1.55. The molecule has 1 N–H and O–H groups in total. The van der Waals surface area contributed by atoms with Crippen LogP contribution in [-0.2, 0) is 0 Å². The zero-order valence-corrected chi connectivity index (χ0v) is 3.26. The summed E-state index contributed by atoms with van der Waals surface area (Å²) in [5.74, 6) is 2.14. The predicted molar refractivity (Wildman–Crippen MR) is 24.0 cm³/mol. The van der Waals surface area contributed by atoms with Crippen LogP contribution in [0.2, 0.25) is 0 Å². The molecule has 0 aromatic heterocycles. The number of hydrogen-bond acceptors (Lipinski definition) is 2. The smallest absolute Gasteiger partial charge is 0.0283 e. The van der Waals surface area contributed by atoms with Gasteiger partial charge in [-0.05, 0) is 5.16 Å². The molecule has 0 fully saturated rings. The lowest BCUT2D eigenvalue weighted by Crippen LogP contribution is -1.47.